The summed E-state index contributed by atoms with van der Waals surface area (Å²) in [5, 5.41) is 17.8. The molecule has 1 atom stereocenters. The number of hydrogen-bond acceptors (Lipinski definition) is 3. The first kappa shape index (κ1) is 16.5. The molecule has 0 bridgehead atoms. The molecule has 0 spiro atoms. The zero-order valence-electron chi connectivity index (χ0n) is 13.4. The van der Waals surface area contributed by atoms with Gasteiger partial charge < -0.3 is 15.7 Å². The number of amides is 1. The van der Waals surface area contributed by atoms with Crippen molar-refractivity contribution in [3.05, 3.63) is 11.3 Å². The van der Waals surface area contributed by atoms with Gasteiger partial charge in [-0.3, -0.25) is 10.2 Å². The second-order valence-electron chi connectivity index (χ2n) is 7.75. The van der Waals surface area contributed by atoms with Crippen LogP contribution < -0.4 is 5.73 Å². The number of nitrogens with zero attached hydrogens (tertiary/aromatic N) is 1. The van der Waals surface area contributed by atoms with E-state index in [1.54, 1.807) is 4.90 Å². The van der Waals surface area contributed by atoms with Gasteiger partial charge in [0.1, 0.15) is 17.2 Å². The van der Waals surface area contributed by atoms with Crippen molar-refractivity contribution in [2.24, 2.45) is 16.6 Å². The highest BCUT2D eigenvalue weighted by Gasteiger charge is 2.46. The third-order valence-electron chi connectivity index (χ3n) is 3.49. The third kappa shape index (κ3) is 3.32. The molecule has 1 heterocycles. The summed E-state index contributed by atoms with van der Waals surface area (Å²) in [5.41, 5.74) is 5.19. The predicted molar refractivity (Wildman–Crippen MR) is 80.6 cm³/mol. The van der Waals surface area contributed by atoms with Crippen LogP contribution in [0.3, 0.4) is 0 Å². The SMILES string of the molecule is CC(C)(C)CCN1C(=O)C(C(=N)N)=C(O)[C@@H]1C(C)(C)C. The van der Waals surface area contributed by atoms with Crippen LogP contribution in [0.15, 0.2) is 11.3 Å². The second-order valence-corrected chi connectivity index (χ2v) is 7.75. The Morgan fingerprint density at radius 2 is 1.80 bits per heavy atom. The van der Waals surface area contributed by atoms with Crippen molar-refractivity contribution in [3.8, 4) is 0 Å². The van der Waals surface area contributed by atoms with Crippen LogP contribution in [-0.4, -0.2) is 34.3 Å². The Hall–Kier alpha value is -1.52. The Morgan fingerprint density at radius 3 is 2.15 bits per heavy atom. The summed E-state index contributed by atoms with van der Waals surface area (Å²) >= 11 is 0. The number of nitrogens with two attached hydrogens (primary N) is 1. The van der Waals surface area contributed by atoms with Crippen molar-refractivity contribution < 1.29 is 9.90 Å². The van der Waals surface area contributed by atoms with Gasteiger partial charge in [0.05, 0.1) is 6.04 Å². The zero-order chi connectivity index (χ0) is 15.9. The first-order chi connectivity index (χ1) is 8.86. The number of amidine groups is 1. The molecule has 0 aliphatic carbocycles. The summed E-state index contributed by atoms with van der Waals surface area (Å²) in [7, 11) is 0. The van der Waals surface area contributed by atoms with E-state index in [1.807, 2.05) is 20.8 Å². The van der Waals surface area contributed by atoms with Crippen LogP contribution in [0.2, 0.25) is 0 Å². The first-order valence-electron chi connectivity index (χ1n) is 6.95. The molecule has 5 nitrogen and oxygen atoms in total. The van der Waals surface area contributed by atoms with Crippen LogP contribution in [0.5, 0.6) is 0 Å². The van der Waals surface area contributed by atoms with Crippen molar-refractivity contribution in [1.29, 1.82) is 5.41 Å². The van der Waals surface area contributed by atoms with Gasteiger partial charge in [0.25, 0.3) is 5.91 Å². The van der Waals surface area contributed by atoms with Gasteiger partial charge in [0.2, 0.25) is 0 Å². The quantitative estimate of drug-likeness (QED) is 0.548. The first-order valence-corrected chi connectivity index (χ1v) is 6.95. The van der Waals surface area contributed by atoms with E-state index in [0.29, 0.717) is 6.54 Å². The molecule has 1 aliphatic rings. The molecule has 0 aromatic carbocycles. The van der Waals surface area contributed by atoms with E-state index in [-0.39, 0.29) is 33.9 Å². The van der Waals surface area contributed by atoms with Crippen molar-refractivity contribution in [3.63, 3.8) is 0 Å². The highest BCUT2D eigenvalue weighted by molar-refractivity contribution is 6.21. The lowest BCUT2D eigenvalue weighted by Crippen LogP contribution is -2.45. The summed E-state index contributed by atoms with van der Waals surface area (Å²) in [6.07, 6.45) is 0.823. The molecule has 114 valence electrons. The Morgan fingerprint density at radius 1 is 1.30 bits per heavy atom. The average molecular weight is 281 g/mol. The summed E-state index contributed by atoms with van der Waals surface area (Å²) in [6, 6.07) is -0.420. The molecule has 1 rings (SSSR count). The van der Waals surface area contributed by atoms with Gasteiger partial charge in [-0.1, -0.05) is 41.5 Å². The average Bonchev–Trinajstić information content (AvgIpc) is 2.44. The Balaban J connectivity index is 3.12. The number of nitrogens with one attached hydrogen (secondary N) is 1. The fourth-order valence-electron chi connectivity index (χ4n) is 2.47. The molecule has 0 unspecified atom stereocenters. The van der Waals surface area contributed by atoms with Gasteiger partial charge in [-0.25, -0.2) is 0 Å². The Kier molecular flexibility index (Phi) is 4.22. The van der Waals surface area contributed by atoms with Crippen LogP contribution >= 0.6 is 0 Å². The van der Waals surface area contributed by atoms with Crippen molar-refractivity contribution >= 4 is 11.7 Å². The third-order valence-corrected chi connectivity index (χ3v) is 3.49. The number of rotatable bonds is 3. The zero-order valence-corrected chi connectivity index (χ0v) is 13.4. The van der Waals surface area contributed by atoms with Crippen LogP contribution in [0, 0.1) is 16.2 Å². The van der Waals surface area contributed by atoms with Gasteiger partial charge in [0.15, 0.2) is 0 Å². The van der Waals surface area contributed by atoms with Crippen molar-refractivity contribution in [2.75, 3.05) is 6.54 Å². The van der Waals surface area contributed by atoms with Gasteiger partial charge >= 0.3 is 0 Å². The largest absolute Gasteiger partial charge is 0.509 e. The highest BCUT2D eigenvalue weighted by Crippen LogP contribution is 2.37. The maximum atomic E-state index is 12.4. The van der Waals surface area contributed by atoms with Crippen molar-refractivity contribution in [2.45, 2.75) is 54.0 Å². The molecule has 20 heavy (non-hydrogen) atoms. The topological polar surface area (TPSA) is 90.4 Å². The van der Waals surface area contributed by atoms with Crippen molar-refractivity contribution in [1.82, 2.24) is 4.90 Å². The minimum Gasteiger partial charge on any atom is -0.509 e. The summed E-state index contributed by atoms with van der Waals surface area (Å²) < 4.78 is 0. The fraction of sp³-hybridized carbons (Fsp3) is 0.733. The number of carbonyl (C=O) groups is 1. The summed E-state index contributed by atoms with van der Waals surface area (Å²) in [4.78, 5) is 14.1. The Bertz CT molecular complexity index is 453. The van der Waals surface area contributed by atoms with Crippen LogP contribution in [0.1, 0.15) is 48.0 Å². The molecular weight excluding hydrogens is 254 g/mol. The van der Waals surface area contributed by atoms with E-state index in [2.05, 4.69) is 20.8 Å². The Labute approximate surface area is 121 Å². The maximum absolute atomic E-state index is 12.4. The number of hydrogen-bond donors (Lipinski definition) is 3. The van der Waals surface area contributed by atoms with Gasteiger partial charge in [0, 0.05) is 6.54 Å². The van der Waals surface area contributed by atoms with Crippen LogP contribution in [0.25, 0.3) is 0 Å². The second kappa shape index (κ2) is 5.11. The van der Waals surface area contributed by atoms with E-state index >= 15 is 0 Å². The summed E-state index contributed by atoms with van der Waals surface area (Å²) in [5.74, 6) is -0.761. The molecule has 0 fully saturated rings. The molecule has 1 amide bonds. The van der Waals surface area contributed by atoms with Crippen LogP contribution in [-0.2, 0) is 4.79 Å². The minimum atomic E-state index is -0.420. The normalized spacial score (nSPS) is 20.8. The van der Waals surface area contributed by atoms with Gasteiger partial charge in [-0.15, -0.1) is 0 Å². The molecule has 4 N–H and O–H groups in total. The molecule has 0 aromatic heterocycles. The lowest BCUT2D eigenvalue weighted by atomic mass is 9.84. The lowest BCUT2D eigenvalue weighted by molar-refractivity contribution is -0.128. The molecule has 0 aromatic rings. The molecule has 0 radical (unpaired) electrons. The predicted octanol–water partition coefficient (Wildman–Crippen LogP) is 2.43. The van der Waals surface area contributed by atoms with Gasteiger partial charge in [-0.05, 0) is 17.3 Å². The van der Waals surface area contributed by atoms with Crippen LogP contribution in [0.4, 0.5) is 0 Å². The molecule has 1 aliphatic heterocycles. The van der Waals surface area contributed by atoms with E-state index in [0.717, 1.165) is 6.42 Å². The summed E-state index contributed by atoms with van der Waals surface area (Å²) in [6.45, 7) is 12.8. The van der Waals surface area contributed by atoms with Gasteiger partial charge in [-0.2, -0.15) is 0 Å². The molecule has 0 saturated carbocycles. The smallest absolute Gasteiger partial charge is 0.261 e. The molecule has 0 saturated heterocycles. The lowest BCUT2D eigenvalue weighted by Gasteiger charge is -2.36. The standard InChI is InChI=1S/C15H27N3O2/c1-14(2,3)7-8-18-11(15(4,5)6)10(19)9(12(16)17)13(18)20/h11,19H,7-8H2,1-6H3,(H3,16,17)/t11-/m1/s1. The van der Waals surface area contributed by atoms with E-state index in [9.17, 15) is 9.90 Å². The molecule has 5 heteroatoms. The maximum Gasteiger partial charge on any atom is 0.261 e. The molecular formula is C15H27N3O2. The number of aliphatic hydroxyl groups excluding tert-OH is 1. The number of carbonyl (C=O) groups excluding carboxylic acids is 1. The van der Waals surface area contributed by atoms with E-state index < -0.39 is 6.04 Å². The van der Waals surface area contributed by atoms with E-state index in [4.69, 9.17) is 11.1 Å². The minimum absolute atomic E-state index is 0.0427. The van der Waals surface area contributed by atoms with E-state index in [1.165, 1.54) is 0 Å². The number of aliphatic hydroxyl groups is 1. The monoisotopic (exact) mass is 281 g/mol. The highest BCUT2D eigenvalue weighted by atomic mass is 16.3. The fourth-order valence-corrected chi connectivity index (χ4v) is 2.47.